The Hall–Kier alpha value is -0.160. The highest BCUT2D eigenvalue weighted by Crippen LogP contribution is 2.18. The molecule has 0 aromatic heterocycles. The molecule has 4 nitrogen and oxygen atoms in total. The van der Waals surface area contributed by atoms with E-state index in [0.717, 1.165) is 19.4 Å². The molecular formula is C10H21NO3. The molecule has 3 N–H and O–H groups in total. The standard InChI is InChI=1S/C10H21NO3/c1-3-4-5-11-6-8(12)10(14)9(13)7(11)2/h7-10,12-14H,3-6H2,1-2H3/t7-,8+,9+,10-/m0/s1. The van der Waals surface area contributed by atoms with Crippen molar-refractivity contribution in [3.63, 3.8) is 0 Å². The molecule has 1 saturated heterocycles. The molecule has 1 aliphatic heterocycles. The van der Waals surface area contributed by atoms with Crippen LogP contribution in [0, 0.1) is 0 Å². The summed E-state index contributed by atoms with van der Waals surface area (Å²) in [4.78, 5) is 2.03. The van der Waals surface area contributed by atoms with E-state index in [4.69, 9.17) is 0 Å². The minimum absolute atomic E-state index is 0.0695. The lowest BCUT2D eigenvalue weighted by molar-refractivity contribution is -0.133. The number of rotatable bonds is 3. The van der Waals surface area contributed by atoms with Crippen molar-refractivity contribution in [2.24, 2.45) is 0 Å². The molecule has 0 unspecified atom stereocenters. The van der Waals surface area contributed by atoms with Gasteiger partial charge in [0.15, 0.2) is 0 Å². The summed E-state index contributed by atoms with van der Waals surface area (Å²) >= 11 is 0. The first-order valence-corrected chi connectivity index (χ1v) is 5.36. The second-order valence-corrected chi connectivity index (χ2v) is 4.14. The third kappa shape index (κ3) is 2.45. The van der Waals surface area contributed by atoms with E-state index in [9.17, 15) is 15.3 Å². The quantitative estimate of drug-likeness (QED) is 0.582. The van der Waals surface area contributed by atoms with Gasteiger partial charge in [-0.2, -0.15) is 0 Å². The van der Waals surface area contributed by atoms with Gasteiger partial charge < -0.3 is 15.3 Å². The fraction of sp³-hybridized carbons (Fsp3) is 1.00. The molecule has 4 heteroatoms. The molecule has 1 aliphatic rings. The Morgan fingerprint density at radius 2 is 1.86 bits per heavy atom. The summed E-state index contributed by atoms with van der Waals surface area (Å²) in [5, 5.41) is 28.6. The van der Waals surface area contributed by atoms with Crippen molar-refractivity contribution in [3.8, 4) is 0 Å². The number of likely N-dealkylation sites (tertiary alicyclic amines) is 1. The van der Waals surface area contributed by atoms with E-state index in [1.165, 1.54) is 0 Å². The minimum Gasteiger partial charge on any atom is -0.389 e. The van der Waals surface area contributed by atoms with Crippen LogP contribution >= 0.6 is 0 Å². The maximum absolute atomic E-state index is 9.63. The number of aliphatic hydroxyl groups is 3. The Morgan fingerprint density at radius 3 is 2.43 bits per heavy atom. The molecule has 0 aromatic rings. The molecule has 1 heterocycles. The number of unbranched alkanes of at least 4 members (excludes halogenated alkanes) is 1. The largest absolute Gasteiger partial charge is 0.389 e. The molecule has 1 fully saturated rings. The van der Waals surface area contributed by atoms with Crippen LogP contribution in [0.4, 0.5) is 0 Å². The molecule has 4 atom stereocenters. The first-order chi connectivity index (χ1) is 6.57. The Labute approximate surface area is 85.2 Å². The molecule has 0 saturated carbocycles. The van der Waals surface area contributed by atoms with Crippen LogP contribution in [0.2, 0.25) is 0 Å². The predicted octanol–water partition coefficient (Wildman–Crippen LogP) is -0.427. The highest BCUT2D eigenvalue weighted by molar-refractivity contribution is 4.91. The summed E-state index contributed by atoms with van der Waals surface area (Å²) in [5.74, 6) is 0. The van der Waals surface area contributed by atoms with Crippen molar-refractivity contribution in [3.05, 3.63) is 0 Å². The fourth-order valence-corrected chi connectivity index (χ4v) is 1.90. The lowest BCUT2D eigenvalue weighted by Crippen LogP contribution is -2.60. The zero-order chi connectivity index (χ0) is 10.7. The Morgan fingerprint density at radius 1 is 1.21 bits per heavy atom. The van der Waals surface area contributed by atoms with Crippen molar-refractivity contribution >= 4 is 0 Å². The van der Waals surface area contributed by atoms with Crippen molar-refractivity contribution < 1.29 is 15.3 Å². The van der Waals surface area contributed by atoms with Gasteiger partial charge in [0.1, 0.15) is 6.10 Å². The SMILES string of the molecule is CCCCN1C[C@@H](O)[C@H](O)[C@H](O)[C@@H]1C. The number of hydrogen-bond acceptors (Lipinski definition) is 4. The molecular weight excluding hydrogens is 182 g/mol. The van der Waals surface area contributed by atoms with E-state index < -0.39 is 18.3 Å². The summed E-state index contributed by atoms with van der Waals surface area (Å²) in [7, 11) is 0. The Kier molecular flexibility index (Phi) is 4.31. The molecule has 84 valence electrons. The number of β-amino-alcohol motifs (C(OH)–C–C–N with tert-alkyl or cyclic N) is 1. The van der Waals surface area contributed by atoms with Crippen molar-refractivity contribution in [1.29, 1.82) is 0 Å². The lowest BCUT2D eigenvalue weighted by atomic mass is 9.95. The number of hydrogen-bond donors (Lipinski definition) is 3. The van der Waals surface area contributed by atoms with Crippen LogP contribution in [-0.2, 0) is 0 Å². The molecule has 0 aliphatic carbocycles. The summed E-state index contributed by atoms with van der Waals surface area (Å²) < 4.78 is 0. The van der Waals surface area contributed by atoms with Gasteiger partial charge in [-0.25, -0.2) is 0 Å². The van der Waals surface area contributed by atoms with Gasteiger partial charge >= 0.3 is 0 Å². The van der Waals surface area contributed by atoms with E-state index in [1.807, 2.05) is 11.8 Å². The lowest BCUT2D eigenvalue weighted by Gasteiger charge is -2.42. The average molecular weight is 203 g/mol. The van der Waals surface area contributed by atoms with Gasteiger partial charge in [0, 0.05) is 12.6 Å². The highest BCUT2D eigenvalue weighted by Gasteiger charge is 2.38. The topological polar surface area (TPSA) is 63.9 Å². The maximum atomic E-state index is 9.63. The van der Waals surface area contributed by atoms with Gasteiger partial charge in [0.2, 0.25) is 0 Å². The molecule has 0 amide bonds. The second-order valence-electron chi connectivity index (χ2n) is 4.14. The smallest absolute Gasteiger partial charge is 0.108 e. The monoisotopic (exact) mass is 203 g/mol. The van der Waals surface area contributed by atoms with Crippen molar-refractivity contribution in [2.75, 3.05) is 13.1 Å². The fourth-order valence-electron chi connectivity index (χ4n) is 1.90. The molecule has 0 bridgehead atoms. The molecule has 14 heavy (non-hydrogen) atoms. The second kappa shape index (κ2) is 5.07. The van der Waals surface area contributed by atoms with Crippen molar-refractivity contribution in [1.82, 2.24) is 4.90 Å². The first kappa shape index (κ1) is 11.9. The Bertz CT molecular complexity index is 177. The average Bonchev–Trinajstić information content (AvgIpc) is 2.18. The summed E-state index contributed by atoms with van der Waals surface area (Å²) in [6.07, 6.45) is -0.505. The Balaban J connectivity index is 2.52. The van der Waals surface area contributed by atoms with Crippen LogP contribution in [0.25, 0.3) is 0 Å². The van der Waals surface area contributed by atoms with Crippen LogP contribution in [0.3, 0.4) is 0 Å². The third-order valence-electron chi connectivity index (χ3n) is 3.03. The van der Waals surface area contributed by atoms with Crippen LogP contribution in [0.15, 0.2) is 0 Å². The third-order valence-corrected chi connectivity index (χ3v) is 3.03. The number of piperidine rings is 1. The highest BCUT2D eigenvalue weighted by atomic mass is 16.4. The van der Waals surface area contributed by atoms with Crippen LogP contribution in [0.1, 0.15) is 26.7 Å². The summed E-state index contributed by atoms with van der Waals surface area (Å²) in [6.45, 7) is 5.32. The van der Waals surface area contributed by atoms with Crippen molar-refractivity contribution in [2.45, 2.75) is 51.0 Å². The maximum Gasteiger partial charge on any atom is 0.108 e. The minimum atomic E-state index is -0.997. The molecule has 0 spiro atoms. The molecule has 0 radical (unpaired) electrons. The first-order valence-electron chi connectivity index (χ1n) is 5.36. The van der Waals surface area contributed by atoms with Gasteiger partial charge in [-0.05, 0) is 19.9 Å². The van der Waals surface area contributed by atoms with Gasteiger partial charge in [-0.15, -0.1) is 0 Å². The van der Waals surface area contributed by atoms with Gasteiger partial charge in [-0.3, -0.25) is 4.90 Å². The molecule has 0 aromatic carbocycles. The summed E-state index contributed by atoms with van der Waals surface area (Å²) in [6, 6.07) is -0.0695. The zero-order valence-electron chi connectivity index (χ0n) is 8.93. The van der Waals surface area contributed by atoms with Gasteiger partial charge in [0.05, 0.1) is 12.2 Å². The van der Waals surface area contributed by atoms with E-state index in [1.54, 1.807) is 0 Å². The normalized spacial score (nSPS) is 40.1. The molecule has 1 rings (SSSR count). The van der Waals surface area contributed by atoms with Crippen LogP contribution in [-0.4, -0.2) is 57.7 Å². The van der Waals surface area contributed by atoms with E-state index in [2.05, 4.69) is 6.92 Å². The zero-order valence-corrected chi connectivity index (χ0v) is 8.93. The number of aliphatic hydroxyl groups excluding tert-OH is 3. The van der Waals surface area contributed by atoms with Crippen LogP contribution < -0.4 is 0 Å². The van der Waals surface area contributed by atoms with Crippen LogP contribution in [0.5, 0.6) is 0 Å². The number of nitrogens with zero attached hydrogens (tertiary/aromatic N) is 1. The van der Waals surface area contributed by atoms with Gasteiger partial charge in [-0.1, -0.05) is 13.3 Å². The van der Waals surface area contributed by atoms with E-state index >= 15 is 0 Å². The van der Waals surface area contributed by atoms with E-state index in [-0.39, 0.29) is 6.04 Å². The summed E-state index contributed by atoms with van der Waals surface area (Å²) in [5.41, 5.74) is 0. The predicted molar refractivity (Wildman–Crippen MR) is 54.0 cm³/mol. The van der Waals surface area contributed by atoms with Gasteiger partial charge in [0.25, 0.3) is 0 Å². The van der Waals surface area contributed by atoms with E-state index in [0.29, 0.717) is 6.54 Å².